The Morgan fingerprint density at radius 2 is 2.36 bits per heavy atom. The number of hydrogen-bond donors (Lipinski definition) is 2. The molecular weight excluding hydrogens is 244 g/mol. The Kier molecular flexibility index (Phi) is 3.93. The highest BCUT2D eigenvalue weighted by atomic mass is 79.9. The van der Waals surface area contributed by atoms with Crippen LogP contribution in [0.15, 0.2) is 22.7 Å². The zero-order chi connectivity index (χ0) is 10.6. The molecule has 74 valence electrons. The largest absolute Gasteiger partial charge is 0.394 e. The van der Waals surface area contributed by atoms with Gasteiger partial charge in [0.2, 0.25) is 0 Å². The van der Waals surface area contributed by atoms with Crippen molar-refractivity contribution in [3.63, 3.8) is 0 Å². The van der Waals surface area contributed by atoms with Crippen molar-refractivity contribution in [2.45, 2.75) is 13.0 Å². The molecule has 0 aliphatic carbocycles. The van der Waals surface area contributed by atoms with Gasteiger partial charge in [0.25, 0.3) is 0 Å². The normalized spacial score (nSPS) is 11.9. The summed E-state index contributed by atoms with van der Waals surface area (Å²) in [5.74, 6) is 0. The second kappa shape index (κ2) is 4.99. The number of hydrogen-bond acceptors (Lipinski definition) is 3. The summed E-state index contributed by atoms with van der Waals surface area (Å²) in [6.07, 6.45) is 0. The van der Waals surface area contributed by atoms with Crippen LogP contribution in [0.25, 0.3) is 0 Å². The van der Waals surface area contributed by atoms with E-state index in [0.717, 1.165) is 10.2 Å². The van der Waals surface area contributed by atoms with Crippen LogP contribution >= 0.6 is 15.9 Å². The minimum atomic E-state index is -0.0589. The molecular formula is C10H11BrN2O. The van der Waals surface area contributed by atoms with E-state index >= 15 is 0 Å². The molecule has 1 aromatic carbocycles. The number of halogens is 1. The van der Waals surface area contributed by atoms with E-state index in [-0.39, 0.29) is 12.6 Å². The maximum absolute atomic E-state index is 8.90. The van der Waals surface area contributed by atoms with Crippen LogP contribution < -0.4 is 5.32 Å². The number of aliphatic hydroxyl groups is 1. The zero-order valence-electron chi connectivity index (χ0n) is 7.79. The molecule has 0 aliphatic heterocycles. The van der Waals surface area contributed by atoms with Gasteiger partial charge in [-0.15, -0.1) is 0 Å². The fourth-order valence-electron chi connectivity index (χ4n) is 1.07. The molecule has 1 aromatic rings. The Balaban J connectivity index is 2.98. The van der Waals surface area contributed by atoms with Gasteiger partial charge in [0.15, 0.2) is 0 Å². The first-order valence-corrected chi connectivity index (χ1v) is 5.04. The SMILES string of the molecule is CC(CO)Nc1cccc(Br)c1C#N. The van der Waals surface area contributed by atoms with E-state index in [1.54, 1.807) is 0 Å². The average Bonchev–Trinajstić information content (AvgIpc) is 2.18. The molecule has 14 heavy (non-hydrogen) atoms. The third-order valence-corrected chi connectivity index (χ3v) is 2.46. The van der Waals surface area contributed by atoms with Gasteiger partial charge in [-0.25, -0.2) is 0 Å². The molecule has 0 saturated heterocycles. The van der Waals surface area contributed by atoms with E-state index in [2.05, 4.69) is 27.3 Å². The number of nitriles is 1. The Morgan fingerprint density at radius 1 is 1.64 bits per heavy atom. The smallest absolute Gasteiger partial charge is 0.103 e. The van der Waals surface area contributed by atoms with Crippen LogP contribution in [0.3, 0.4) is 0 Å². The highest BCUT2D eigenvalue weighted by Gasteiger charge is 2.07. The summed E-state index contributed by atoms with van der Waals surface area (Å²) in [6.45, 7) is 1.89. The van der Waals surface area contributed by atoms with Crippen molar-refractivity contribution in [3.8, 4) is 6.07 Å². The van der Waals surface area contributed by atoms with Crippen LogP contribution in [-0.2, 0) is 0 Å². The Hall–Kier alpha value is -1.05. The van der Waals surface area contributed by atoms with Gasteiger partial charge in [-0.3, -0.25) is 0 Å². The van der Waals surface area contributed by atoms with Crippen molar-refractivity contribution in [2.75, 3.05) is 11.9 Å². The summed E-state index contributed by atoms with van der Waals surface area (Å²) in [7, 11) is 0. The summed E-state index contributed by atoms with van der Waals surface area (Å²) in [4.78, 5) is 0. The minimum absolute atomic E-state index is 0.0391. The minimum Gasteiger partial charge on any atom is -0.394 e. The van der Waals surface area contributed by atoms with Crippen LogP contribution in [0.5, 0.6) is 0 Å². The molecule has 1 rings (SSSR count). The number of benzene rings is 1. The van der Waals surface area contributed by atoms with Crippen molar-refractivity contribution in [3.05, 3.63) is 28.2 Å². The van der Waals surface area contributed by atoms with Gasteiger partial charge in [-0.05, 0) is 35.0 Å². The Labute approximate surface area is 91.5 Å². The van der Waals surface area contributed by atoms with Crippen molar-refractivity contribution in [2.24, 2.45) is 0 Å². The van der Waals surface area contributed by atoms with Gasteiger partial charge in [0.1, 0.15) is 6.07 Å². The second-order valence-electron chi connectivity index (χ2n) is 3.00. The molecule has 0 radical (unpaired) electrons. The number of rotatable bonds is 3. The highest BCUT2D eigenvalue weighted by Crippen LogP contribution is 2.24. The van der Waals surface area contributed by atoms with E-state index < -0.39 is 0 Å². The lowest BCUT2D eigenvalue weighted by atomic mass is 10.2. The maximum Gasteiger partial charge on any atom is 0.103 e. The molecule has 4 heteroatoms. The maximum atomic E-state index is 8.90. The van der Waals surface area contributed by atoms with Gasteiger partial charge in [-0.2, -0.15) is 5.26 Å². The van der Waals surface area contributed by atoms with Crippen molar-refractivity contribution >= 4 is 21.6 Å². The number of aliphatic hydroxyl groups excluding tert-OH is 1. The van der Waals surface area contributed by atoms with Crippen LogP contribution in [0.1, 0.15) is 12.5 Å². The van der Waals surface area contributed by atoms with Gasteiger partial charge < -0.3 is 10.4 Å². The van der Waals surface area contributed by atoms with E-state index in [1.807, 2.05) is 25.1 Å². The summed E-state index contributed by atoms with van der Waals surface area (Å²) >= 11 is 3.29. The molecule has 0 aromatic heterocycles. The van der Waals surface area contributed by atoms with Gasteiger partial charge in [0.05, 0.1) is 17.9 Å². The molecule has 0 saturated carbocycles. The van der Waals surface area contributed by atoms with Gasteiger partial charge in [0, 0.05) is 10.5 Å². The standard InChI is InChI=1S/C10H11BrN2O/c1-7(6-14)13-10-4-2-3-9(11)8(10)5-12/h2-4,7,13-14H,6H2,1H3. The fourth-order valence-corrected chi connectivity index (χ4v) is 1.52. The highest BCUT2D eigenvalue weighted by molar-refractivity contribution is 9.10. The molecule has 3 nitrogen and oxygen atoms in total. The molecule has 2 N–H and O–H groups in total. The molecule has 0 heterocycles. The van der Waals surface area contributed by atoms with E-state index in [0.29, 0.717) is 5.56 Å². The number of nitrogens with zero attached hydrogens (tertiary/aromatic N) is 1. The van der Waals surface area contributed by atoms with Crippen LogP contribution in [0.4, 0.5) is 5.69 Å². The van der Waals surface area contributed by atoms with E-state index in [9.17, 15) is 0 Å². The number of anilines is 1. The van der Waals surface area contributed by atoms with Crippen LogP contribution in [0.2, 0.25) is 0 Å². The Bertz CT molecular complexity index is 360. The third kappa shape index (κ3) is 2.47. The Morgan fingerprint density at radius 3 is 2.93 bits per heavy atom. The monoisotopic (exact) mass is 254 g/mol. The van der Waals surface area contributed by atoms with Crippen molar-refractivity contribution < 1.29 is 5.11 Å². The van der Waals surface area contributed by atoms with Crippen molar-refractivity contribution in [1.82, 2.24) is 0 Å². The van der Waals surface area contributed by atoms with Gasteiger partial charge in [-0.1, -0.05) is 6.07 Å². The first-order chi connectivity index (χ1) is 6.69. The summed E-state index contributed by atoms with van der Waals surface area (Å²) in [5, 5.41) is 20.8. The van der Waals surface area contributed by atoms with Gasteiger partial charge >= 0.3 is 0 Å². The molecule has 0 fully saturated rings. The lowest BCUT2D eigenvalue weighted by molar-refractivity contribution is 0.281. The number of nitrogens with one attached hydrogen (secondary N) is 1. The quantitative estimate of drug-likeness (QED) is 0.869. The molecule has 0 bridgehead atoms. The molecule has 0 spiro atoms. The van der Waals surface area contributed by atoms with E-state index in [1.165, 1.54) is 0 Å². The predicted octanol–water partition coefficient (Wildman–Crippen LogP) is 2.11. The van der Waals surface area contributed by atoms with Crippen LogP contribution in [0, 0.1) is 11.3 Å². The molecule has 1 unspecified atom stereocenters. The molecule has 1 atom stereocenters. The molecule has 0 aliphatic rings. The lowest BCUT2D eigenvalue weighted by Crippen LogP contribution is -2.19. The molecule has 0 amide bonds. The first kappa shape index (κ1) is 11.0. The second-order valence-corrected chi connectivity index (χ2v) is 3.86. The summed E-state index contributed by atoms with van der Waals surface area (Å²) < 4.78 is 0.759. The first-order valence-electron chi connectivity index (χ1n) is 4.25. The van der Waals surface area contributed by atoms with Crippen molar-refractivity contribution in [1.29, 1.82) is 5.26 Å². The topological polar surface area (TPSA) is 56.0 Å². The fraction of sp³-hybridized carbons (Fsp3) is 0.300. The van der Waals surface area contributed by atoms with E-state index in [4.69, 9.17) is 10.4 Å². The lowest BCUT2D eigenvalue weighted by Gasteiger charge is -2.13. The third-order valence-electron chi connectivity index (χ3n) is 1.80. The summed E-state index contributed by atoms with van der Waals surface area (Å²) in [5.41, 5.74) is 1.30. The zero-order valence-corrected chi connectivity index (χ0v) is 9.37. The summed E-state index contributed by atoms with van der Waals surface area (Å²) in [6, 6.07) is 7.52. The predicted molar refractivity (Wildman–Crippen MR) is 59.0 cm³/mol. The average molecular weight is 255 g/mol. The van der Waals surface area contributed by atoms with Crippen LogP contribution in [-0.4, -0.2) is 17.8 Å².